The summed E-state index contributed by atoms with van der Waals surface area (Å²) in [7, 11) is 0. The van der Waals surface area contributed by atoms with Crippen LogP contribution in [0.5, 0.6) is 0 Å². The first-order valence-electron chi connectivity index (χ1n) is 10.3. The van der Waals surface area contributed by atoms with Crippen molar-refractivity contribution in [3.8, 4) is 0 Å². The second-order valence-corrected chi connectivity index (χ2v) is 7.95. The number of amides is 1. The number of carbonyl (C=O) groups is 1. The van der Waals surface area contributed by atoms with E-state index in [4.69, 9.17) is 0 Å². The lowest BCUT2D eigenvalue weighted by Gasteiger charge is -2.38. The zero-order chi connectivity index (χ0) is 17.5. The maximum absolute atomic E-state index is 12.8. The fourth-order valence-corrected chi connectivity index (χ4v) is 4.42. The fraction of sp³-hybridized carbons (Fsp3) is 0.682. The summed E-state index contributed by atoms with van der Waals surface area (Å²) < 4.78 is 0. The molecule has 138 valence electrons. The largest absolute Gasteiger partial charge is 0.340 e. The molecule has 1 aliphatic heterocycles. The number of benzene rings is 1. The number of unbranched alkanes of at least 4 members (excludes halogenated alkanes) is 1. The number of nitrogens with zero attached hydrogens (tertiary/aromatic N) is 2. The Morgan fingerprint density at radius 2 is 1.68 bits per heavy atom. The molecule has 3 nitrogen and oxygen atoms in total. The lowest BCUT2D eigenvalue weighted by molar-refractivity contribution is -0.138. The molecule has 0 aromatic heterocycles. The Morgan fingerprint density at radius 1 is 1.00 bits per heavy atom. The van der Waals surface area contributed by atoms with Crippen LogP contribution in [0.2, 0.25) is 0 Å². The van der Waals surface area contributed by atoms with Crippen LogP contribution in [0.15, 0.2) is 30.3 Å². The van der Waals surface area contributed by atoms with Crippen molar-refractivity contribution in [1.82, 2.24) is 9.80 Å². The minimum Gasteiger partial charge on any atom is -0.340 e. The molecular weight excluding hydrogens is 308 g/mol. The van der Waals surface area contributed by atoms with Gasteiger partial charge in [0.25, 0.3) is 0 Å². The van der Waals surface area contributed by atoms with Gasteiger partial charge in [0.15, 0.2) is 0 Å². The summed E-state index contributed by atoms with van der Waals surface area (Å²) in [6.45, 7) is 7.10. The van der Waals surface area contributed by atoms with Crippen molar-refractivity contribution in [2.45, 2.75) is 58.4 Å². The summed E-state index contributed by atoms with van der Waals surface area (Å²) >= 11 is 0. The van der Waals surface area contributed by atoms with Crippen molar-refractivity contribution in [1.29, 1.82) is 0 Å². The molecule has 1 saturated heterocycles. The molecule has 1 aromatic rings. The molecule has 0 spiro atoms. The number of carbonyl (C=O) groups excluding carboxylic acids is 1. The molecule has 2 fully saturated rings. The van der Waals surface area contributed by atoms with E-state index in [1.165, 1.54) is 37.7 Å². The Hall–Kier alpha value is -1.35. The van der Waals surface area contributed by atoms with Gasteiger partial charge in [-0.05, 0) is 37.2 Å². The molecule has 1 saturated carbocycles. The lowest BCUT2D eigenvalue weighted by atomic mass is 9.79. The molecule has 0 unspecified atom stereocenters. The van der Waals surface area contributed by atoms with Gasteiger partial charge in [0.2, 0.25) is 5.91 Å². The van der Waals surface area contributed by atoms with Crippen LogP contribution in [0.1, 0.15) is 57.4 Å². The van der Waals surface area contributed by atoms with E-state index in [0.29, 0.717) is 11.8 Å². The van der Waals surface area contributed by atoms with Crippen molar-refractivity contribution < 1.29 is 4.79 Å². The number of piperazine rings is 1. The van der Waals surface area contributed by atoms with Gasteiger partial charge in [0, 0.05) is 38.6 Å². The highest BCUT2D eigenvalue weighted by molar-refractivity contribution is 5.79. The van der Waals surface area contributed by atoms with Crippen molar-refractivity contribution in [3.05, 3.63) is 35.9 Å². The van der Waals surface area contributed by atoms with E-state index in [-0.39, 0.29) is 0 Å². The maximum Gasteiger partial charge on any atom is 0.225 e. The summed E-state index contributed by atoms with van der Waals surface area (Å²) in [5, 5.41) is 0. The van der Waals surface area contributed by atoms with Crippen LogP contribution in [-0.2, 0) is 11.3 Å². The van der Waals surface area contributed by atoms with Gasteiger partial charge in [-0.25, -0.2) is 0 Å². The minimum atomic E-state index is 0.304. The van der Waals surface area contributed by atoms with Crippen LogP contribution in [0.4, 0.5) is 0 Å². The molecule has 1 amide bonds. The summed E-state index contributed by atoms with van der Waals surface area (Å²) in [5.41, 5.74) is 1.37. The van der Waals surface area contributed by atoms with Gasteiger partial charge in [-0.2, -0.15) is 0 Å². The molecule has 1 aliphatic carbocycles. The van der Waals surface area contributed by atoms with E-state index in [9.17, 15) is 4.79 Å². The zero-order valence-corrected chi connectivity index (χ0v) is 15.8. The summed E-state index contributed by atoms with van der Waals surface area (Å²) in [4.78, 5) is 17.5. The minimum absolute atomic E-state index is 0.304. The third-order valence-electron chi connectivity index (χ3n) is 6.09. The summed E-state index contributed by atoms with van der Waals surface area (Å²) in [5.74, 6) is 1.62. The summed E-state index contributed by atoms with van der Waals surface area (Å²) in [6, 6.07) is 10.7. The van der Waals surface area contributed by atoms with Crippen LogP contribution < -0.4 is 0 Å². The number of hydrogen-bond acceptors (Lipinski definition) is 2. The van der Waals surface area contributed by atoms with E-state index >= 15 is 0 Å². The van der Waals surface area contributed by atoms with Crippen molar-refractivity contribution in [2.24, 2.45) is 11.8 Å². The van der Waals surface area contributed by atoms with Crippen molar-refractivity contribution in [3.63, 3.8) is 0 Å². The Kier molecular flexibility index (Phi) is 6.92. The third-order valence-corrected chi connectivity index (χ3v) is 6.09. The first-order chi connectivity index (χ1) is 12.3. The first-order valence-corrected chi connectivity index (χ1v) is 10.3. The van der Waals surface area contributed by atoms with Crippen molar-refractivity contribution >= 4 is 5.91 Å². The number of rotatable bonds is 6. The van der Waals surface area contributed by atoms with Crippen LogP contribution in [-0.4, -0.2) is 41.9 Å². The van der Waals surface area contributed by atoms with Gasteiger partial charge in [0.05, 0.1) is 0 Å². The predicted molar refractivity (Wildman–Crippen MR) is 103 cm³/mol. The first kappa shape index (κ1) is 18.4. The molecule has 3 rings (SSSR count). The molecule has 25 heavy (non-hydrogen) atoms. The van der Waals surface area contributed by atoms with E-state index < -0.39 is 0 Å². The SMILES string of the molecule is CCCCC1CCC(C(=O)N2CCN(Cc3ccccc3)CC2)CC1. The van der Waals surface area contributed by atoms with Crippen LogP contribution in [0.3, 0.4) is 0 Å². The van der Waals surface area contributed by atoms with Gasteiger partial charge >= 0.3 is 0 Å². The molecule has 0 radical (unpaired) electrons. The monoisotopic (exact) mass is 342 g/mol. The third kappa shape index (κ3) is 5.31. The second-order valence-electron chi connectivity index (χ2n) is 7.95. The Morgan fingerprint density at radius 3 is 2.32 bits per heavy atom. The van der Waals surface area contributed by atoms with Gasteiger partial charge in [0.1, 0.15) is 0 Å². The molecule has 0 N–H and O–H groups in total. The van der Waals surface area contributed by atoms with Gasteiger partial charge < -0.3 is 4.90 Å². The highest BCUT2D eigenvalue weighted by Gasteiger charge is 2.30. The molecule has 3 heteroatoms. The zero-order valence-electron chi connectivity index (χ0n) is 15.8. The van der Waals surface area contributed by atoms with Crippen LogP contribution >= 0.6 is 0 Å². The number of hydrogen-bond donors (Lipinski definition) is 0. The standard InChI is InChI=1S/C22H34N2O/c1-2-3-7-19-10-12-21(13-11-19)22(25)24-16-14-23(15-17-24)18-20-8-5-4-6-9-20/h4-6,8-9,19,21H,2-3,7,10-18H2,1H3. The molecule has 2 aliphatic rings. The van der Waals surface area contributed by atoms with Crippen molar-refractivity contribution in [2.75, 3.05) is 26.2 Å². The lowest BCUT2D eigenvalue weighted by Crippen LogP contribution is -2.50. The topological polar surface area (TPSA) is 23.6 Å². The van der Waals surface area contributed by atoms with E-state index in [1.807, 2.05) is 0 Å². The normalized spacial score (nSPS) is 25.1. The van der Waals surface area contributed by atoms with E-state index in [0.717, 1.165) is 51.5 Å². The molecular formula is C22H34N2O. The Labute approximate surface area is 153 Å². The van der Waals surface area contributed by atoms with Gasteiger partial charge in [-0.15, -0.1) is 0 Å². The summed E-state index contributed by atoms with van der Waals surface area (Å²) in [6.07, 6.45) is 8.80. The molecule has 1 aromatic carbocycles. The molecule has 0 atom stereocenters. The van der Waals surface area contributed by atoms with Gasteiger partial charge in [-0.3, -0.25) is 9.69 Å². The average Bonchev–Trinajstić information content (AvgIpc) is 2.68. The van der Waals surface area contributed by atoms with Crippen LogP contribution in [0.25, 0.3) is 0 Å². The highest BCUT2D eigenvalue weighted by Crippen LogP contribution is 2.33. The maximum atomic E-state index is 12.8. The van der Waals surface area contributed by atoms with Crippen LogP contribution in [0, 0.1) is 11.8 Å². The molecule has 0 bridgehead atoms. The Balaban J connectivity index is 1.40. The smallest absolute Gasteiger partial charge is 0.225 e. The highest BCUT2D eigenvalue weighted by atomic mass is 16.2. The molecule has 1 heterocycles. The van der Waals surface area contributed by atoms with E-state index in [2.05, 4.69) is 47.1 Å². The van der Waals surface area contributed by atoms with Gasteiger partial charge in [-0.1, -0.05) is 56.5 Å². The fourth-order valence-electron chi connectivity index (χ4n) is 4.42. The average molecular weight is 343 g/mol. The quantitative estimate of drug-likeness (QED) is 0.768. The van der Waals surface area contributed by atoms with E-state index in [1.54, 1.807) is 0 Å². The predicted octanol–water partition coefficient (Wildman–Crippen LogP) is 4.33. The Bertz CT molecular complexity index is 514. The second kappa shape index (κ2) is 9.38.